The molecule has 0 aromatic heterocycles. The molecule has 0 aromatic rings. The number of rotatable bonds is 2. The zero-order valence-corrected chi connectivity index (χ0v) is 11.0. The van der Waals surface area contributed by atoms with Crippen LogP contribution in [0, 0.1) is 17.3 Å². The minimum absolute atomic E-state index is 0.499. The number of ether oxygens (including phenoxy) is 2. The van der Waals surface area contributed by atoms with Gasteiger partial charge in [-0.05, 0) is 55.8 Å². The summed E-state index contributed by atoms with van der Waals surface area (Å²) in [6, 6.07) is 0. The number of hydrogen-bond donors (Lipinski definition) is 0. The molecule has 2 aliphatic carbocycles. The van der Waals surface area contributed by atoms with Gasteiger partial charge in [0, 0.05) is 0 Å². The van der Waals surface area contributed by atoms with Crippen molar-refractivity contribution in [3.63, 3.8) is 0 Å². The van der Waals surface area contributed by atoms with Crippen molar-refractivity contribution in [1.29, 1.82) is 0 Å². The van der Waals surface area contributed by atoms with E-state index in [0.29, 0.717) is 29.8 Å². The summed E-state index contributed by atoms with van der Waals surface area (Å²) in [5.41, 5.74) is 0.499. The Bertz CT molecular complexity index is 325. The third-order valence-corrected chi connectivity index (χ3v) is 5.80. The highest BCUT2D eigenvalue weighted by Crippen LogP contribution is 2.54. The Kier molecular flexibility index (Phi) is 2.21. The maximum Gasteiger partial charge on any atom is 0.0875 e. The zero-order chi connectivity index (χ0) is 11.6. The van der Waals surface area contributed by atoms with Gasteiger partial charge in [0.05, 0.1) is 24.4 Å². The first kappa shape index (κ1) is 10.8. The minimum Gasteiger partial charge on any atom is -0.370 e. The molecule has 2 nitrogen and oxygen atoms in total. The molecule has 4 rings (SSSR count). The van der Waals surface area contributed by atoms with Gasteiger partial charge in [0.15, 0.2) is 0 Å². The highest BCUT2D eigenvalue weighted by atomic mass is 16.6. The van der Waals surface area contributed by atoms with Gasteiger partial charge in [0.1, 0.15) is 0 Å². The Labute approximate surface area is 104 Å². The second kappa shape index (κ2) is 3.48. The summed E-state index contributed by atoms with van der Waals surface area (Å²) in [7, 11) is 0. The SMILES string of the molecule is CC1(C)CCC2OC2C1CC1CCC2OC2C1. The van der Waals surface area contributed by atoms with Gasteiger partial charge in [-0.3, -0.25) is 0 Å². The fourth-order valence-electron chi connectivity index (χ4n) is 4.40. The third-order valence-electron chi connectivity index (χ3n) is 5.80. The molecule has 2 heteroatoms. The average molecular weight is 236 g/mol. The molecule has 4 fully saturated rings. The Balaban J connectivity index is 1.43. The van der Waals surface area contributed by atoms with Crippen molar-refractivity contribution in [3.05, 3.63) is 0 Å². The molecule has 2 aliphatic heterocycles. The monoisotopic (exact) mass is 236 g/mol. The lowest BCUT2D eigenvalue weighted by Gasteiger charge is -2.38. The molecule has 4 aliphatic rings. The molecule has 6 unspecified atom stereocenters. The van der Waals surface area contributed by atoms with Gasteiger partial charge in [-0.15, -0.1) is 0 Å². The summed E-state index contributed by atoms with van der Waals surface area (Å²) in [6.45, 7) is 4.91. The second-order valence-electron chi connectivity index (χ2n) is 7.40. The summed E-state index contributed by atoms with van der Waals surface area (Å²) in [5, 5.41) is 0. The van der Waals surface area contributed by atoms with Crippen LogP contribution in [0.3, 0.4) is 0 Å². The van der Waals surface area contributed by atoms with Gasteiger partial charge >= 0.3 is 0 Å². The quantitative estimate of drug-likeness (QED) is 0.688. The average Bonchev–Trinajstić information content (AvgIpc) is 3.15. The van der Waals surface area contributed by atoms with Gasteiger partial charge in [-0.2, -0.15) is 0 Å². The lowest BCUT2D eigenvalue weighted by atomic mass is 9.65. The predicted octanol–water partition coefficient (Wildman–Crippen LogP) is 3.15. The van der Waals surface area contributed by atoms with Crippen LogP contribution in [-0.4, -0.2) is 24.4 Å². The van der Waals surface area contributed by atoms with Crippen LogP contribution in [-0.2, 0) is 9.47 Å². The largest absolute Gasteiger partial charge is 0.370 e. The molecule has 2 saturated heterocycles. The van der Waals surface area contributed by atoms with Crippen molar-refractivity contribution in [2.24, 2.45) is 17.3 Å². The van der Waals surface area contributed by atoms with Crippen LogP contribution in [0.15, 0.2) is 0 Å². The normalized spacial score (nSPS) is 54.7. The lowest BCUT2D eigenvalue weighted by molar-refractivity contribution is 0.112. The van der Waals surface area contributed by atoms with E-state index in [1.807, 2.05) is 0 Å². The number of hydrogen-bond acceptors (Lipinski definition) is 2. The van der Waals surface area contributed by atoms with Crippen molar-refractivity contribution in [1.82, 2.24) is 0 Å². The summed E-state index contributed by atoms with van der Waals surface area (Å²) >= 11 is 0. The molecule has 17 heavy (non-hydrogen) atoms. The first-order valence-electron chi connectivity index (χ1n) is 7.44. The van der Waals surface area contributed by atoms with Crippen LogP contribution in [0.4, 0.5) is 0 Å². The van der Waals surface area contributed by atoms with E-state index < -0.39 is 0 Å². The van der Waals surface area contributed by atoms with Crippen molar-refractivity contribution < 1.29 is 9.47 Å². The van der Waals surface area contributed by atoms with E-state index in [1.54, 1.807) is 0 Å². The van der Waals surface area contributed by atoms with Gasteiger partial charge in [-0.1, -0.05) is 13.8 Å². The van der Waals surface area contributed by atoms with Crippen LogP contribution in [0.2, 0.25) is 0 Å². The summed E-state index contributed by atoms with van der Waals surface area (Å²) < 4.78 is 11.5. The molecule has 0 radical (unpaired) electrons. The number of epoxide rings is 2. The summed E-state index contributed by atoms with van der Waals surface area (Å²) in [4.78, 5) is 0. The van der Waals surface area contributed by atoms with Crippen LogP contribution in [0.25, 0.3) is 0 Å². The standard InChI is InChI=1S/C15H24O2/c1-15(2)6-5-12-14(17-12)10(15)7-9-3-4-11-13(8-9)16-11/h9-14H,3-8H2,1-2H3. The maximum atomic E-state index is 5.87. The molecule has 0 spiro atoms. The van der Waals surface area contributed by atoms with Crippen LogP contribution in [0.5, 0.6) is 0 Å². The van der Waals surface area contributed by atoms with Gasteiger partial charge < -0.3 is 9.47 Å². The van der Waals surface area contributed by atoms with Crippen LogP contribution < -0.4 is 0 Å². The maximum absolute atomic E-state index is 5.87. The van der Waals surface area contributed by atoms with Crippen LogP contribution >= 0.6 is 0 Å². The van der Waals surface area contributed by atoms with Gasteiger partial charge in [-0.25, -0.2) is 0 Å². The molecule has 0 bridgehead atoms. The van der Waals surface area contributed by atoms with E-state index in [-0.39, 0.29) is 0 Å². The molecule has 0 amide bonds. The third kappa shape index (κ3) is 1.84. The lowest BCUT2D eigenvalue weighted by Crippen LogP contribution is -2.35. The molecule has 6 atom stereocenters. The minimum atomic E-state index is 0.499. The zero-order valence-electron chi connectivity index (χ0n) is 11.0. The molecule has 2 saturated carbocycles. The Morgan fingerprint density at radius 2 is 1.88 bits per heavy atom. The van der Waals surface area contributed by atoms with E-state index in [9.17, 15) is 0 Å². The van der Waals surface area contributed by atoms with Gasteiger partial charge in [0.25, 0.3) is 0 Å². The predicted molar refractivity (Wildman–Crippen MR) is 65.8 cm³/mol. The molecular formula is C15H24O2. The Hall–Kier alpha value is -0.0800. The fourth-order valence-corrected chi connectivity index (χ4v) is 4.40. The number of fused-ring (bicyclic) bond motifs is 2. The van der Waals surface area contributed by atoms with E-state index in [4.69, 9.17) is 9.47 Å². The summed E-state index contributed by atoms with van der Waals surface area (Å²) in [6.07, 6.45) is 10.6. The first-order valence-corrected chi connectivity index (χ1v) is 7.44. The van der Waals surface area contributed by atoms with Crippen molar-refractivity contribution in [3.8, 4) is 0 Å². The topological polar surface area (TPSA) is 25.1 Å². The Morgan fingerprint density at radius 1 is 1.00 bits per heavy atom. The fraction of sp³-hybridized carbons (Fsp3) is 1.00. The van der Waals surface area contributed by atoms with Crippen molar-refractivity contribution in [2.45, 2.75) is 76.8 Å². The van der Waals surface area contributed by atoms with E-state index in [0.717, 1.165) is 11.8 Å². The second-order valence-corrected chi connectivity index (χ2v) is 7.40. The van der Waals surface area contributed by atoms with E-state index in [2.05, 4.69) is 13.8 Å². The van der Waals surface area contributed by atoms with Crippen LogP contribution in [0.1, 0.15) is 52.4 Å². The molecule has 2 heterocycles. The van der Waals surface area contributed by atoms with Gasteiger partial charge in [0.2, 0.25) is 0 Å². The highest BCUT2D eigenvalue weighted by Gasteiger charge is 2.55. The van der Waals surface area contributed by atoms with Crippen molar-refractivity contribution >= 4 is 0 Å². The Morgan fingerprint density at radius 3 is 2.71 bits per heavy atom. The smallest absolute Gasteiger partial charge is 0.0875 e. The highest BCUT2D eigenvalue weighted by molar-refractivity contribution is 5.03. The molecular weight excluding hydrogens is 212 g/mol. The van der Waals surface area contributed by atoms with Crippen molar-refractivity contribution in [2.75, 3.05) is 0 Å². The summed E-state index contributed by atoms with van der Waals surface area (Å²) in [5.74, 6) is 1.72. The van der Waals surface area contributed by atoms with E-state index >= 15 is 0 Å². The molecule has 0 N–H and O–H groups in total. The first-order chi connectivity index (χ1) is 8.13. The van der Waals surface area contributed by atoms with E-state index in [1.165, 1.54) is 38.5 Å². The molecule has 96 valence electrons. The molecule has 0 aromatic carbocycles.